The van der Waals surface area contributed by atoms with Crippen molar-refractivity contribution in [3.63, 3.8) is 0 Å². The normalized spacial score (nSPS) is 20.2. The predicted molar refractivity (Wildman–Crippen MR) is 65.6 cm³/mol. The molecule has 1 aliphatic rings. The van der Waals surface area contributed by atoms with Crippen LogP contribution in [0.1, 0.15) is 12.8 Å². The van der Waals surface area contributed by atoms with Crippen LogP contribution in [0.5, 0.6) is 0 Å². The van der Waals surface area contributed by atoms with Crippen LogP contribution in [0.3, 0.4) is 0 Å². The van der Waals surface area contributed by atoms with Crippen LogP contribution in [-0.4, -0.2) is 38.7 Å². The van der Waals surface area contributed by atoms with Crippen LogP contribution in [0.25, 0.3) is 0 Å². The molecule has 1 saturated heterocycles. The van der Waals surface area contributed by atoms with Crippen molar-refractivity contribution in [2.45, 2.75) is 30.6 Å². The number of thioether (sulfide) groups is 1. The molecule has 16 heavy (non-hydrogen) atoms. The maximum absolute atomic E-state index is 5.55. The van der Waals surface area contributed by atoms with Gasteiger partial charge in [0, 0.05) is 12.4 Å². The number of halogens is 1. The van der Waals surface area contributed by atoms with Gasteiger partial charge in [0.15, 0.2) is 0 Å². The van der Waals surface area contributed by atoms with Gasteiger partial charge < -0.3 is 4.74 Å². The molecule has 1 aliphatic heterocycles. The highest BCUT2D eigenvalue weighted by Crippen LogP contribution is 2.21. The first-order valence-corrected chi connectivity index (χ1v) is 6.87. The Kier molecular flexibility index (Phi) is 4.37. The lowest BCUT2D eigenvalue weighted by molar-refractivity contribution is 0.0912. The average Bonchev–Trinajstić information content (AvgIpc) is 2.87. The first kappa shape index (κ1) is 12.1. The van der Waals surface area contributed by atoms with Gasteiger partial charge in [0.2, 0.25) is 5.16 Å². The van der Waals surface area contributed by atoms with Crippen molar-refractivity contribution in [3.05, 3.63) is 11.1 Å². The fourth-order valence-corrected chi connectivity index (χ4v) is 2.52. The lowest BCUT2D eigenvalue weighted by Gasteiger charge is -2.09. The zero-order chi connectivity index (χ0) is 11.4. The van der Waals surface area contributed by atoms with E-state index in [0.29, 0.717) is 0 Å². The van der Waals surface area contributed by atoms with Crippen molar-refractivity contribution in [1.82, 2.24) is 20.2 Å². The number of rotatable bonds is 5. The first-order chi connectivity index (χ1) is 7.75. The Morgan fingerprint density at radius 2 is 2.56 bits per heavy atom. The monoisotopic (exact) mass is 304 g/mol. The van der Waals surface area contributed by atoms with Gasteiger partial charge in [0.1, 0.15) is 0 Å². The Hall–Kier alpha value is -0.400. The third kappa shape index (κ3) is 3.29. The van der Waals surface area contributed by atoms with E-state index in [4.69, 9.17) is 4.74 Å². The van der Waals surface area contributed by atoms with Crippen LogP contribution >= 0.6 is 27.7 Å². The largest absolute Gasteiger partial charge is 0.376 e. The predicted octanol–water partition coefficient (Wildman–Crippen LogP) is 1.85. The Morgan fingerprint density at radius 3 is 3.25 bits per heavy atom. The summed E-state index contributed by atoms with van der Waals surface area (Å²) in [5, 5.41) is 12.4. The van der Waals surface area contributed by atoms with E-state index >= 15 is 0 Å². The van der Waals surface area contributed by atoms with Gasteiger partial charge in [-0.1, -0.05) is 34.3 Å². The maximum Gasteiger partial charge on any atom is 0.209 e. The summed E-state index contributed by atoms with van der Waals surface area (Å²) in [5.74, 6) is 0.770. The second-order valence-electron chi connectivity index (χ2n) is 3.58. The van der Waals surface area contributed by atoms with Crippen LogP contribution in [0.4, 0.5) is 0 Å². The molecule has 1 fully saturated rings. The van der Waals surface area contributed by atoms with E-state index < -0.39 is 0 Å². The molecule has 1 atom stereocenters. The van der Waals surface area contributed by atoms with Crippen molar-refractivity contribution in [3.8, 4) is 0 Å². The molecule has 0 spiro atoms. The molecule has 5 nitrogen and oxygen atoms in total. The molecule has 0 saturated carbocycles. The zero-order valence-electron chi connectivity index (χ0n) is 8.80. The summed E-state index contributed by atoms with van der Waals surface area (Å²) in [7, 11) is 0. The number of ether oxygens (including phenoxy) is 1. The third-order valence-corrected chi connectivity index (χ3v) is 3.95. The minimum Gasteiger partial charge on any atom is -0.376 e. The van der Waals surface area contributed by atoms with Gasteiger partial charge in [-0.3, -0.25) is 0 Å². The second-order valence-corrected chi connectivity index (χ2v) is 5.65. The van der Waals surface area contributed by atoms with Crippen LogP contribution < -0.4 is 0 Å². The summed E-state index contributed by atoms with van der Waals surface area (Å²) in [6, 6.07) is 0. The Morgan fingerprint density at radius 1 is 1.69 bits per heavy atom. The van der Waals surface area contributed by atoms with Crippen molar-refractivity contribution >= 4 is 27.7 Å². The van der Waals surface area contributed by atoms with Crippen LogP contribution in [0.2, 0.25) is 0 Å². The SMILES string of the molecule is C=C(Br)CSc1nnnn1CC1CCCO1. The maximum atomic E-state index is 5.55. The first-order valence-electron chi connectivity index (χ1n) is 5.09. The number of nitrogens with zero attached hydrogens (tertiary/aromatic N) is 4. The van der Waals surface area contributed by atoms with Crippen molar-refractivity contribution < 1.29 is 4.74 Å². The molecule has 7 heteroatoms. The molecule has 2 heterocycles. The van der Waals surface area contributed by atoms with E-state index in [1.807, 2.05) is 0 Å². The topological polar surface area (TPSA) is 52.8 Å². The lowest BCUT2D eigenvalue weighted by Crippen LogP contribution is -2.16. The fourth-order valence-electron chi connectivity index (χ4n) is 1.54. The van der Waals surface area contributed by atoms with Gasteiger partial charge in [0.05, 0.1) is 12.6 Å². The summed E-state index contributed by atoms with van der Waals surface area (Å²) in [5.41, 5.74) is 0. The lowest BCUT2D eigenvalue weighted by atomic mass is 10.2. The summed E-state index contributed by atoms with van der Waals surface area (Å²) in [6.45, 7) is 5.38. The van der Waals surface area contributed by atoms with E-state index in [1.54, 1.807) is 16.4 Å². The molecular weight excluding hydrogens is 292 g/mol. The summed E-state index contributed by atoms with van der Waals surface area (Å²) < 4.78 is 8.29. The standard InChI is InChI=1S/C9H13BrN4OS/c1-7(10)6-16-9-11-12-13-14(9)5-8-3-2-4-15-8/h8H,1-6H2. The molecule has 1 unspecified atom stereocenters. The molecule has 1 aromatic rings. The van der Waals surface area contributed by atoms with E-state index in [-0.39, 0.29) is 6.10 Å². The Balaban J connectivity index is 1.92. The smallest absolute Gasteiger partial charge is 0.209 e. The Labute approximate surface area is 107 Å². The second kappa shape index (κ2) is 5.79. The fraction of sp³-hybridized carbons (Fsp3) is 0.667. The molecule has 0 aromatic carbocycles. The summed E-state index contributed by atoms with van der Waals surface area (Å²) >= 11 is 4.89. The van der Waals surface area contributed by atoms with Crippen molar-refractivity contribution in [1.29, 1.82) is 0 Å². The highest BCUT2D eigenvalue weighted by Gasteiger charge is 2.18. The minimum absolute atomic E-state index is 0.259. The van der Waals surface area contributed by atoms with Crippen LogP contribution in [0.15, 0.2) is 16.2 Å². The van der Waals surface area contributed by atoms with Crippen LogP contribution in [-0.2, 0) is 11.3 Å². The van der Waals surface area contributed by atoms with Crippen molar-refractivity contribution in [2.75, 3.05) is 12.4 Å². The van der Waals surface area contributed by atoms with Gasteiger partial charge >= 0.3 is 0 Å². The van der Waals surface area contributed by atoms with E-state index in [2.05, 4.69) is 38.0 Å². The average molecular weight is 305 g/mol. The van der Waals surface area contributed by atoms with Gasteiger partial charge in [-0.25, -0.2) is 4.68 Å². The summed E-state index contributed by atoms with van der Waals surface area (Å²) in [6.07, 6.45) is 2.48. The molecular formula is C9H13BrN4OS. The quantitative estimate of drug-likeness (QED) is 0.777. The molecule has 0 N–H and O–H groups in total. The van der Waals surface area contributed by atoms with E-state index in [1.165, 1.54) is 0 Å². The summed E-state index contributed by atoms with van der Waals surface area (Å²) in [4.78, 5) is 0. The van der Waals surface area contributed by atoms with Crippen molar-refractivity contribution in [2.24, 2.45) is 0 Å². The zero-order valence-corrected chi connectivity index (χ0v) is 11.2. The van der Waals surface area contributed by atoms with Crippen LogP contribution in [0, 0.1) is 0 Å². The van der Waals surface area contributed by atoms with Gasteiger partial charge in [-0.2, -0.15) is 0 Å². The molecule has 0 aliphatic carbocycles. The van der Waals surface area contributed by atoms with E-state index in [9.17, 15) is 0 Å². The molecule has 2 rings (SSSR count). The van der Waals surface area contributed by atoms with E-state index in [0.717, 1.165) is 41.4 Å². The molecule has 0 radical (unpaired) electrons. The Bertz CT molecular complexity index is 364. The van der Waals surface area contributed by atoms with Gasteiger partial charge in [-0.15, -0.1) is 5.10 Å². The molecule has 1 aromatic heterocycles. The van der Waals surface area contributed by atoms with Gasteiger partial charge in [-0.05, 0) is 27.8 Å². The molecule has 0 amide bonds. The highest BCUT2D eigenvalue weighted by atomic mass is 79.9. The number of hydrogen-bond acceptors (Lipinski definition) is 5. The van der Waals surface area contributed by atoms with Gasteiger partial charge in [0.25, 0.3) is 0 Å². The third-order valence-electron chi connectivity index (χ3n) is 2.26. The minimum atomic E-state index is 0.259. The number of aromatic nitrogens is 4. The molecule has 0 bridgehead atoms. The number of tetrazole rings is 1. The molecule has 88 valence electrons. The number of hydrogen-bond donors (Lipinski definition) is 0. The highest BCUT2D eigenvalue weighted by molar-refractivity contribution is 9.11.